The lowest BCUT2D eigenvalue weighted by molar-refractivity contribution is -0.138. The van der Waals surface area contributed by atoms with Gasteiger partial charge in [0.15, 0.2) is 0 Å². The Morgan fingerprint density at radius 3 is 2.47 bits per heavy atom. The van der Waals surface area contributed by atoms with Crippen molar-refractivity contribution in [3.05, 3.63) is 11.6 Å². The van der Waals surface area contributed by atoms with Crippen LogP contribution in [0.1, 0.15) is 34.6 Å². The summed E-state index contributed by atoms with van der Waals surface area (Å²) in [5, 5.41) is 0. The van der Waals surface area contributed by atoms with E-state index in [0.717, 1.165) is 0 Å². The van der Waals surface area contributed by atoms with E-state index in [1.807, 2.05) is 26.8 Å². The van der Waals surface area contributed by atoms with Crippen LogP contribution in [-0.2, 0) is 19.0 Å². The highest BCUT2D eigenvalue weighted by Crippen LogP contribution is 2.55. The first-order valence-corrected chi connectivity index (χ1v) is 6.05. The summed E-state index contributed by atoms with van der Waals surface area (Å²) >= 11 is 0. The van der Waals surface area contributed by atoms with Crippen LogP contribution in [0.3, 0.4) is 0 Å². The Hall–Kier alpha value is -0.870. The standard InChI is InChI=1S/C13H20O4/c1-6-15-10(14)8(2)7-12(4)11(17-12)13(5)9(3)16-13/h7,9,11H,6H2,1-5H3/b8-7+/t9-,11+,12-,13+/m1/s1. The highest BCUT2D eigenvalue weighted by atomic mass is 16.7. The Kier molecular flexibility index (Phi) is 2.83. The number of carbonyl (C=O) groups is 1. The number of rotatable bonds is 4. The zero-order valence-corrected chi connectivity index (χ0v) is 11.1. The molecular weight excluding hydrogens is 220 g/mol. The first-order valence-electron chi connectivity index (χ1n) is 6.05. The van der Waals surface area contributed by atoms with Gasteiger partial charge in [-0.25, -0.2) is 4.79 Å². The minimum atomic E-state index is -0.393. The van der Waals surface area contributed by atoms with Crippen molar-refractivity contribution < 1.29 is 19.0 Å². The van der Waals surface area contributed by atoms with Crippen LogP contribution in [0.5, 0.6) is 0 Å². The van der Waals surface area contributed by atoms with Crippen LogP contribution < -0.4 is 0 Å². The zero-order chi connectivity index (χ0) is 12.8. The molecule has 0 radical (unpaired) electrons. The molecule has 2 rings (SSSR count). The largest absolute Gasteiger partial charge is 0.463 e. The Morgan fingerprint density at radius 2 is 2.00 bits per heavy atom. The third-order valence-electron chi connectivity index (χ3n) is 3.64. The second-order valence-electron chi connectivity index (χ2n) is 5.17. The van der Waals surface area contributed by atoms with Gasteiger partial charge in [-0.3, -0.25) is 0 Å². The topological polar surface area (TPSA) is 51.4 Å². The normalized spacial score (nSPS) is 44.4. The van der Waals surface area contributed by atoms with Crippen LogP contribution in [0.2, 0.25) is 0 Å². The van der Waals surface area contributed by atoms with Crippen LogP contribution >= 0.6 is 0 Å². The van der Waals surface area contributed by atoms with E-state index in [4.69, 9.17) is 14.2 Å². The molecule has 4 nitrogen and oxygen atoms in total. The van der Waals surface area contributed by atoms with Crippen molar-refractivity contribution in [1.82, 2.24) is 0 Å². The number of carbonyl (C=O) groups excluding carboxylic acids is 1. The van der Waals surface area contributed by atoms with Crippen molar-refractivity contribution in [3.63, 3.8) is 0 Å². The molecule has 0 saturated carbocycles. The number of ether oxygens (including phenoxy) is 3. The fourth-order valence-electron chi connectivity index (χ4n) is 2.37. The molecule has 0 aromatic heterocycles. The number of hydrogen-bond acceptors (Lipinski definition) is 4. The molecule has 4 atom stereocenters. The van der Waals surface area contributed by atoms with Crippen molar-refractivity contribution in [2.24, 2.45) is 0 Å². The van der Waals surface area contributed by atoms with Gasteiger partial charge in [-0.1, -0.05) is 0 Å². The van der Waals surface area contributed by atoms with E-state index in [1.165, 1.54) is 0 Å². The summed E-state index contributed by atoms with van der Waals surface area (Å²) in [6.07, 6.45) is 2.11. The minimum Gasteiger partial charge on any atom is -0.463 e. The Balaban J connectivity index is 2.01. The lowest BCUT2D eigenvalue weighted by Crippen LogP contribution is -2.24. The van der Waals surface area contributed by atoms with Gasteiger partial charge >= 0.3 is 5.97 Å². The Morgan fingerprint density at radius 1 is 1.41 bits per heavy atom. The SMILES string of the molecule is CCOC(=O)/C(C)=C/[C@@]1(C)O[C@@H]1[C@@]1(C)O[C@@H]1C. The van der Waals surface area contributed by atoms with Crippen LogP contribution in [-0.4, -0.2) is 36.0 Å². The molecule has 0 unspecified atom stereocenters. The van der Waals surface area contributed by atoms with E-state index in [2.05, 4.69) is 0 Å². The fraction of sp³-hybridized carbons (Fsp3) is 0.769. The molecule has 2 saturated heterocycles. The molecule has 0 aromatic carbocycles. The van der Waals surface area contributed by atoms with Gasteiger partial charge in [0.25, 0.3) is 0 Å². The molecule has 2 aliphatic heterocycles. The molecule has 96 valence electrons. The van der Waals surface area contributed by atoms with E-state index in [-0.39, 0.29) is 23.8 Å². The van der Waals surface area contributed by atoms with E-state index in [0.29, 0.717) is 12.2 Å². The Labute approximate surface area is 102 Å². The van der Waals surface area contributed by atoms with Crippen molar-refractivity contribution in [3.8, 4) is 0 Å². The average Bonchev–Trinajstić information content (AvgIpc) is 3.07. The zero-order valence-electron chi connectivity index (χ0n) is 11.1. The van der Waals surface area contributed by atoms with E-state index in [9.17, 15) is 4.79 Å². The summed E-state index contributed by atoms with van der Waals surface area (Å²) in [7, 11) is 0. The van der Waals surface area contributed by atoms with E-state index < -0.39 is 5.60 Å². The van der Waals surface area contributed by atoms with E-state index in [1.54, 1.807) is 13.8 Å². The third-order valence-corrected chi connectivity index (χ3v) is 3.64. The van der Waals surface area contributed by atoms with Crippen molar-refractivity contribution in [1.29, 1.82) is 0 Å². The Bertz CT molecular complexity index is 376. The smallest absolute Gasteiger partial charge is 0.333 e. The maximum atomic E-state index is 11.5. The van der Waals surface area contributed by atoms with Gasteiger partial charge in [0.05, 0.1) is 12.7 Å². The highest BCUT2D eigenvalue weighted by molar-refractivity contribution is 5.88. The minimum absolute atomic E-state index is 0.0365. The van der Waals surface area contributed by atoms with Crippen LogP contribution in [0.4, 0.5) is 0 Å². The van der Waals surface area contributed by atoms with Crippen molar-refractivity contribution in [2.75, 3.05) is 6.61 Å². The monoisotopic (exact) mass is 240 g/mol. The van der Waals surface area contributed by atoms with Crippen LogP contribution in [0.25, 0.3) is 0 Å². The molecule has 0 aromatic rings. The van der Waals surface area contributed by atoms with Gasteiger partial charge in [0.1, 0.15) is 17.3 Å². The average molecular weight is 240 g/mol. The van der Waals surface area contributed by atoms with Crippen molar-refractivity contribution >= 4 is 5.97 Å². The lowest BCUT2D eigenvalue weighted by atomic mass is 9.93. The molecule has 2 heterocycles. The molecule has 0 spiro atoms. The molecule has 2 fully saturated rings. The van der Waals surface area contributed by atoms with E-state index >= 15 is 0 Å². The summed E-state index contributed by atoms with van der Waals surface area (Å²) in [6, 6.07) is 0. The lowest BCUT2D eigenvalue weighted by Gasteiger charge is -2.06. The maximum Gasteiger partial charge on any atom is 0.333 e. The first kappa shape index (κ1) is 12.6. The second kappa shape index (κ2) is 3.82. The second-order valence-corrected chi connectivity index (χ2v) is 5.17. The fourth-order valence-corrected chi connectivity index (χ4v) is 2.37. The van der Waals surface area contributed by atoms with Crippen LogP contribution in [0, 0.1) is 0 Å². The number of esters is 1. The number of epoxide rings is 2. The summed E-state index contributed by atoms with van der Waals surface area (Å²) < 4.78 is 16.2. The molecular formula is C13H20O4. The van der Waals surface area contributed by atoms with Gasteiger partial charge < -0.3 is 14.2 Å². The summed E-state index contributed by atoms with van der Waals surface area (Å²) in [5.41, 5.74) is 0.00468. The third kappa shape index (κ3) is 2.11. The molecule has 17 heavy (non-hydrogen) atoms. The molecule has 0 N–H and O–H groups in total. The summed E-state index contributed by atoms with van der Waals surface area (Å²) in [6.45, 7) is 9.99. The molecule has 2 aliphatic rings. The first-order chi connectivity index (χ1) is 7.83. The molecule has 0 aliphatic carbocycles. The molecule has 0 amide bonds. The van der Waals surface area contributed by atoms with Crippen molar-refractivity contribution in [2.45, 2.75) is 58.0 Å². The highest BCUT2D eigenvalue weighted by Gasteiger charge is 2.70. The maximum absolute atomic E-state index is 11.5. The van der Waals surface area contributed by atoms with Gasteiger partial charge in [0.2, 0.25) is 0 Å². The quantitative estimate of drug-likeness (QED) is 0.427. The van der Waals surface area contributed by atoms with Gasteiger partial charge in [-0.2, -0.15) is 0 Å². The summed E-state index contributed by atoms with van der Waals surface area (Å²) in [5.74, 6) is -0.280. The number of hydrogen-bond donors (Lipinski definition) is 0. The van der Waals surface area contributed by atoms with Gasteiger partial charge in [-0.05, 0) is 40.7 Å². The van der Waals surface area contributed by atoms with Gasteiger partial charge in [0, 0.05) is 5.57 Å². The predicted octanol–water partition coefficient (Wildman–Crippen LogP) is 1.83. The van der Waals surface area contributed by atoms with Crippen LogP contribution in [0.15, 0.2) is 11.6 Å². The van der Waals surface area contributed by atoms with Gasteiger partial charge in [-0.15, -0.1) is 0 Å². The molecule has 4 heteroatoms. The molecule has 0 bridgehead atoms. The predicted molar refractivity (Wildman–Crippen MR) is 62.6 cm³/mol. The summed E-state index contributed by atoms with van der Waals surface area (Å²) in [4.78, 5) is 11.5.